The molecule has 2 N–H and O–H groups in total. The summed E-state index contributed by atoms with van der Waals surface area (Å²) in [6.07, 6.45) is -0.193. The number of aryl methyl sites for hydroxylation is 3. The summed E-state index contributed by atoms with van der Waals surface area (Å²) >= 11 is 0. The Morgan fingerprint density at radius 1 is 1.38 bits per heavy atom. The molecule has 0 aliphatic carbocycles. The van der Waals surface area contributed by atoms with Gasteiger partial charge in [0.05, 0.1) is 5.69 Å². The maximum absolute atomic E-state index is 10.6. The van der Waals surface area contributed by atoms with Crippen molar-refractivity contribution in [1.29, 1.82) is 0 Å². The number of aliphatic carboxylic acids is 1. The molecule has 32 heavy (non-hydrogen) atoms. The largest absolute Gasteiger partial charge is 0.490 e. The summed E-state index contributed by atoms with van der Waals surface area (Å²) in [5, 5.41) is 19.3. The fourth-order valence-corrected chi connectivity index (χ4v) is 3.40. The van der Waals surface area contributed by atoms with Gasteiger partial charge >= 0.3 is 12.1 Å². The highest BCUT2D eigenvalue weighted by Crippen LogP contribution is 2.30. The number of rotatable bonds is 4. The average molecular weight is 452 g/mol. The van der Waals surface area contributed by atoms with Crippen molar-refractivity contribution < 1.29 is 27.6 Å². The first-order valence-electron chi connectivity index (χ1n) is 9.97. The minimum absolute atomic E-state index is 0.498. The molecule has 9 nitrogen and oxygen atoms in total. The van der Waals surface area contributed by atoms with Crippen LogP contribution in [0.15, 0.2) is 16.8 Å². The second kappa shape index (κ2) is 9.47. The maximum atomic E-state index is 10.6. The van der Waals surface area contributed by atoms with E-state index in [0.717, 1.165) is 55.0 Å². The molecule has 0 amide bonds. The molecular weight excluding hydrogens is 429 g/mol. The third-order valence-electron chi connectivity index (χ3n) is 4.88. The first-order chi connectivity index (χ1) is 15.1. The molecule has 1 aliphatic rings. The Labute approximate surface area is 181 Å². The zero-order chi connectivity index (χ0) is 23.5. The highest BCUT2D eigenvalue weighted by atomic mass is 19.4. The number of pyridine rings is 1. The van der Waals surface area contributed by atoms with E-state index in [-0.39, 0.29) is 0 Å². The number of carbonyl (C=O) groups is 1. The lowest BCUT2D eigenvalue weighted by atomic mass is 9.95. The molecule has 0 fully saturated rings. The summed E-state index contributed by atoms with van der Waals surface area (Å²) in [6, 6.07) is 2.02. The third kappa shape index (κ3) is 5.13. The number of fused-ring (bicyclic) bond motifs is 1. The van der Waals surface area contributed by atoms with Crippen LogP contribution in [0.2, 0.25) is 0 Å². The van der Waals surface area contributed by atoms with Crippen LogP contribution >= 0.6 is 0 Å². The smallest absolute Gasteiger partial charge is 0.475 e. The molecule has 0 aromatic carbocycles. The Kier molecular flexibility index (Phi) is 6.92. The van der Waals surface area contributed by atoms with Gasteiger partial charge < -0.3 is 14.9 Å². The van der Waals surface area contributed by atoms with Gasteiger partial charge in [0.15, 0.2) is 0 Å². The van der Waals surface area contributed by atoms with Crippen molar-refractivity contribution in [2.75, 3.05) is 6.54 Å². The van der Waals surface area contributed by atoms with Crippen molar-refractivity contribution in [2.45, 2.75) is 45.8 Å². The first-order valence-corrected chi connectivity index (χ1v) is 9.97. The number of halogens is 3. The normalized spacial score (nSPS) is 13.3. The average Bonchev–Trinajstić information content (AvgIpc) is 3.34. The van der Waals surface area contributed by atoms with Crippen molar-refractivity contribution >= 4 is 5.97 Å². The molecule has 3 aromatic heterocycles. The van der Waals surface area contributed by atoms with Crippen LogP contribution in [0.4, 0.5) is 13.2 Å². The second-order valence-electron chi connectivity index (χ2n) is 7.27. The van der Waals surface area contributed by atoms with Crippen LogP contribution in [0.25, 0.3) is 23.0 Å². The SMILES string of the molecule is CCCc1cc(-c2nc(-c3c(C)ncc4c3CCNC4)no2)n(C)n1.O=C(O)C(F)(F)F. The van der Waals surface area contributed by atoms with Crippen molar-refractivity contribution in [1.82, 2.24) is 30.2 Å². The summed E-state index contributed by atoms with van der Waals surface area (Å²) in [5.41, 5.74) is 6.31. The van der Waals surface area contributed by atoms with E-state index in [1.54, 1.807) is 4.68 Å². The highest BCUT2D eigenvalue weighted by molar-refractivity contribution is 5.73. The van der Waals surface area contributed by atoms with Gasteiger partial charge in [0.1, 0.15) is 5.69 Å². The van der Waals surface area contributed by atoms with E-state index in [1.165, 1.54) is 11.1 Å². The third-order valence-corrected chi connectivity index (χ3v) is 4.88. The van der Waals surface area contributed by atoms with Crippen LogP contribution in [0.1, 0.15) is 35.9 Å². The minimum atomic E-state index is -5.08. The monoisotopic (exact) mass is 452 g/mol. The van der Waals surface area contributed by atoms with E-state index in [0.29, 0.717) is 11.7 Å². The molecule has 12 heteroatoms. The van der Waals surface area contributed by atoms with E-state index >= 15 is 0 Å². The molecule has 4 heterocycles. The van der Waals surface area contributed by atoms with Crippen LogP contribution in [0.5, 0.6) is 0 Å². The van der Waals surface area contributed by atoms with Gasteiger partial charge in [-0.05, 0) is 43.5 Å². The summed E-state index contributed by atoms with van der Waals surface area (Å²) in [6.45, 7) is 5.93. The molecule has 0 radical (unpaired) electrons. The Balaban J connectivity index is 0.000000360. The molecule has 0 saturated heterocycles. The first kappa shape index (κ1) is 23.4. The molecule has 0 bridgehead atoms. The quantitative estimate of drug-likeness (QED) is 0.620. The van der Waals surface area contributed by atoms with Crippen molar-refractivity contribution in [3.8, 4) is 23.0 Å². The number of nitrogens with one attached hydrogen (secondary N) is 1. The molecule has 172 valence electrons. The summed E-state index contributed by atoms with van der Waals surface area (Å²) in [4.78, 5) is 18.1. The zero-order valence-corrected chi connectivity index (χ0v) is 17.8. The van der Waals surface area contributed by atoms with Crippen LogP contribution in [0, 0.1) is 6.92 Å². The molecule has 3 aromatic rings. The van der Waals surface area contributed by atoms with Gasteiger partial charge in [-0.1, -0.05) is 18.5 Å². The van der Waals surface area contributed by atoms with Gasteiger partial charge in [-0.15, -0.1) is 0 Å². The molecule has 0 saturated carbocycles. The number of carboxylic acid groups (broad SMARTS) is 1. The number of alkyl halides is 3. The second-order valence-corrected chi connectivity index (χ2v) is 7.27. The van der Waals surface area contributed by atoms with E-state index in [2.05, 4.69) is 32.5 Å². The Hall–Kier alpha value is -3.28. The minimum Gasteiger partial charge on any atom is -0.475 e. The lowest BCUT2D eigenvalue weighted by molar-refractivity contribution is -0.192. The molecule has 0 unspecified atom stereocenters. The molecule has 0 atom stereocenters. The van der Waals surface area contributed by atoms with Crippen molar-refractivity contribution in [2.24, 2.45) is 7.05 Å². The summed E-state index contributed by atoms with van der Waals surface area (Å²) < 4.78 is 39.1. The predicted octanol–water partition coefficient (Wildman–Crippen LogP) is 3.07. The van der Waals surface area contributed by atoms with Gasteiger partial charge in [-0.25, -0.2) is 4.79 Å². The van der Waals surface area contributed by atoms with Crippen LogP contribution in [-0.4, -0.2) is 48.7 Å². The number of hydrogen-bond acceptors (Lipinski definition) is 7. The highest BCUT2D eigenvalue weighted by Gasteiger charge is 2.38. The molecule has 4 rings (SSSR count). The lowest BCUT2D eigenvalue weighted by Crippen LogP contribution is -2.24. The lowest BCUT2D eigenvalue weighted by Gasteiger charge is -2.19. The van der Waals surface area contributed by atoms with Crippen LogP contribution in [-0.2, 0) is 31.2 Å². The topological polar surface area (TPSA) is 119 Å². The number of carboxylic acids is 1. The Morgan fingerprint density at radius 2 is 2.09 bits per heavy atom. The number of nitrogens with zero attached hydrogens (tertiary/aromatic N) is 5. The van der Waals surface area contributed by atoms with E-state index < -0.39 is 12.1 Å². The van der Waals surface area contributed by atoms with Gasteiger partial charge in [-0.2, -0.15) is 23.3 Å². The zero-order valence-electron chi connectivity index (χ0n) is 17.8. The van der Waals surface area contributed by atoms with Crippen LogP contribution < -0.4 is 5.32 Å². The molecular formula is C20H23F3N6O3. The van der Waals surface area contributed by atoms with Gasteiger partial charge in [0, 0.05) is 31.0 Å². The van der Waals surface area contributed by atoms with Crippen molar-refractivity contribution in [3.05, 3.63) is 34.8 Å². The van der Waals surface area contributed by atoms with Gasteiger partial charge in [-0.3, -0.25) is 9.67 Å². The van der Waals surface area contributed by atoms with Gasteiger partial charge in [0.2, 0.25) is 5.82 Å². The van der Waals surface area contributed by atoms with Crippen LogP contribution in [0.3, 0.4) is 0 Å². The predicted molar refractivity (Wildman–Crippen MR) is 108 cm³/mol. The summed E-state index contributed by atoms with van der Waals surface area (Å²) in [7, 11) is 1.90. The summed E-state index contributed by atoms with van der Waals surface area (Å²) in [5.74, 6) is -1.65. The number of aromatic nitrogens is 5. The van der Waals surface area contributed by atoms with E-state index in [9.17, 15) is 13.2 Å². The van der Waals surface area contributed by atoms with Crippen molar-refractivity contribution in [3.63, 3.8) is 0 Å². The number of hydrogen-bond donors (Lipinski definition) is 2. The van der Waals surface area contributed by atoms with Gasteiger partial charge in [0.25, 0.3) is 5.89 Å². The fourth-order valence-electron chi connectivity index (χ4n) is 3.40. The van der Waals surface area contributed by atoms with E-state index in [4.69, 9.17) is 14.4 Å². The Morgan fingerprint density at radius 3 is 2.75 bits per heavy atom. The fraction of sp³-hybridized carbons (Fsp3) is 0.450. The molecule has 1 aliphatic heterocycles. The molecule has 0 spiro atoms. The Bertz CT molecular complexity index is 1110. The standard InChI is InChI=1S/C18H22N6O.C2HF3O2/c1-4-5-13-8-15(24(3)22-13)18-21-17(23-25-18)16-11(2)20-10-12-9-19-7-6-14(12)16;3-2(4,5)1(6)7/h8,10,19H,4-7,9H2,1-3H3;(H,6,7). The maximum Gasteiger partial charge on any atom is 0.490 e. The van der Waals surface area contributed by atoms with E-state index in [1.807, 2.05) is 26.2 Å².